The van der Waals surface area contributed by atoms with Crippen LogP contribution in [0.4, 0.5) is 0 Å². The minimum Gasteiger partial charge on any atom is -0.456 e. The van der Waals surface area contributed by atoms with Gasteiger partial charge in [0.05, 0.1) is 0 Å². The van der Waals surface area contributed by atoms with Crippen molar-refractivity contribution in [2.75, 3.05) is 0 Å². The van der Waals surface area contributed by atoms with Gasteiger partial charge < -0.3 is 4.42 Å². The molecular formula is C21H22O. The van der Waals surface area contributed by atoms with Crippen LogP contribution in [-0.4, -0.2) is 0 Å². The van der Waals surface area contributed by atoms with Gasteiger partial charge in [-0.15, -0.1) is 0 Å². The first-order valence-electron chi connectivity index (χ1n) is 8.40. The van der Waals surface area contributed by atoms with Gasteiger partial charge in [0.2, 0.25) is 0 Å². The second-order valence-electron chi connectivity index (χ2n) is 6.61. The van der Waals surface area contributed by atoms with Crippen molar-refractivity contribution < 1.29 is 4.42 Å². The van der Waals surface area contributed by atoms with Crippen LogP contribution in [0.1, 0.15) is 49.1 Å². The number of benzene rings is 2. The monoisotopic (exact) mass is 290 g/mol. The van der Waals surface area contributed by atoms with Crippen LogP contribution in [0.25, 0.3) is 22.3 Å². The lowest BCUT2D eigenvalue weighted by Gasteiger charge is -2.21. The number of fused-ring (bicyclic) bond motifs is 1. The Labute approximate surface area is 132 Å². The third-order valence-electron chi connectivity index (χ3n) is 4.95. The zero-order valence-corrected chi connectivity index (χ0v) is 13.1. The zero-order chi connectivity index (χ0) is 14.9. The Balaban J connectivity index is 1.69. The summed E-state index contributed by atoms with van der Waals surface area (Å²) < 4.78 is 6.04. The fourth-order valence-corrected chi connectivity index (χ4v) is 3.61. The molecule has 0 bridgehead atoms. The van der Waals surface area contributed by atoms with E-state index in [4.69, 9.17) is 4.42 Å². The van der Waals surface area contributed by atoms with Gasteiger partial charge in [-0.25, -0.2) is 0 Å². The van der Waals surface area contributed by atoms with Crippen LogP contribution >= 0.6 is 0 Å². The van der Waals surface area contributed by atoms with E-state index in [9.17, 15) is 0 Å². The molecule has 0 N–H and O–H groups in total. The molecule has 0 amide bonds. The molecule has 0 spiro atoms. The van der Waals surface area contributed by atoms with Crippen LogP contribution in [0.15, 0.2) is 52.9 Å². The Bertz CT molecular complexity index is 773. The van der Waals surface area contributed by atoms with Gasteiger partial charge >= 0.3 is 0 Å². The van der Waals surface area contributed by atoms with E-state index in [1.165, 1.54) is 48.6 Å². The minimum absolute atomic E-state index is 0.746. The van der Waals surface area contributed by atoms with Gasteiger partial charge in [0.15, 0.2) is 0 Å². The normalized spacial score (nSPS) is 16.2. The highest BCUT2D eigenvalue weighted by atomic mass is 16.3. The van der Waals surface area contributed by atoms with Gasteiger partial charge in [0.25, 0.3) is 0 Å². The molecule has 22 heavy (non-hydrogen) atoms. The van der Waals surface area contributed by atoms with Gasteiger partial charge in [0.1, 0.15) is 11.3 Å². The summed E-state index contributed by atoms with van der Waals surface area (Å²) in [5.74, 6) is 1.71. The highest BCUT2D eigenvalue weighted by Gasteiger charge is 2.16. The number of furan rings is 1. The molecule has 0 aliphatic heterocycles. The molecular weight excluding hydrogens is 268 g/mol. The topological polar surface area (TPSA) is 13.1 Å². The predicted molar refractivity (Wildman–Crippen MR) is 92.2 cm³/mol. The molecule has 112 valence electrons. The number of hydrogen-bond donors (Lipinski definition) is 0. The second-order valence-corrected chi connectivity index (χ2v) is 6.61. The SMILES string of the molecule is Cc1ccc(-c2cc3cc(C4CCCCC4)ccc3o2)cc1. The fraction of sp³-hybridized carbons (Fsp3) is 0.333. The summed E-state index contributed by atoms with van der Waals surface area (Å²) in [6, 6.07) is 17.5. The van der Waals surface area contributed by atoms with E-state index in [-0.39, 0.29) is 0 Å². The Morgan fingerprint density at radius 3 is 2.41 bits per heavy atom. The van der Waals surface area contributed by atoms with Crippen LogP contribution in [0.5, 0.6) is 0 Å². The Morgan fingerprint density at radius 2 is 1.64 bits per heavy atom. The summed E-state index contributed by atoms with van der Waals surface area (Å²) in [5.41, 5.74) is 4.92. The van der Waals surface area contributed by atoms with Crippen molar-refractivity contribution in [3.05, 3.63) is 59.7 Å². The number of rotatable bonds is 2. The van der Waals surface area contributed by atoms with E-state index >= 15 is 0 Å². The smallest absolute Gasteiger partial charge is 0.135 e. The van der Waals surface area contributed by atoms with Gasteiger partial charge in [0, 0.05) is 10.9 Å². The van der Waals surface area contributed by atoms with Crippen LogP contribution in [0, 0.1) is 6.92 Å². The van der Waals surface area contributed by atoms with Gasteiger partial charge in [-0.05, 0) is 49.4 Å². The molecule has 0 saturated heterocycles. The average Bonchev–Trinajstić information content (AvgIpc) is 2.99. The molecule has 0 atom stereocenters. The van der Waals surface area contributed by atoms with Crippen LogP contribution < -0.4 is 0 Å². The van der Waals surface area contributed by atoms with Crippen molar-refractivity contribution >= 4 is 11.0 Å². The van der Waals surface area contributed by atoms with Gasteiger partial charge in [-0.3, -0.25) is 0 Å². The highest BCUT2D eigenvalue weighted by Crippen LogP contribution is 2.35. The van der Waals surface area contributed by atoms with Crippen molar-refractivity contribution in [2.45, 2.75) is 44.9 Å². The number of aryl methyl sites for hydroxylation is 1. The Hall–Kier alpha value is -2.02. The average molecular weight is 290 g/mol. The van der Waals surface area contributed by atoms with Crippen molar-refractivity contribution in [3.8, 4) is 11.3 Å². The van der Waals surface area contributed by atoms with Crippen LogP contribution in [0.3, 0.4) is 0 Å². The molecule has 3 aromatic rings. The first kappa shape index (κ1) is 13.6. The molecule has 1 saturated carbocycles. The third-order valence-corrected chi connectivity index (χ3v) is 4.95. The maximum absolute atomic E-state index is 6.04. The lowest BCUT2D eigenvalue weighted by molar-refractivity contribution is 0.444. The van der Waals surface area contributed by atoms with E-state index in [1.807, 2.05) is 0 Å². The van der Waals surface area contributed by atoms with Gasteiger partial charge in [-0.2, -0.15) is 0 Å². The van der Waals surface area contributed by atoms with E-state index < -0.39 is 0 Å². The third kappa shape index (κ3) is 2.56. The molecule has 1 heterocycles. The quantitative estimate of drug-likeness (QED) is 0.528. The molecule has 1 aromatic heterocycles. The summed E-state index contributed by atoms with van der Waals surface area (Å²) in [4.78, 5) is 0. The van der Waals surface area contributed by atoms with Crippen molar-refractivity contribution in [1.29, 1.82) is 0 Å². The van der Waals surface area contributed by atoms with Crippen LogP contribution in [0.2, 0.25) is 0 Å². The molecule has 0 unspecified atom stereocenters. The first-order valence-corrected chi connectivity index (χ1v) is 8.40. The Kier molecular flexibility index (Phi) is 3.49. The summed E-state index contributed by atoms with van der Waals surface area (Å²) in [5, 5.41) is 1.23. The fourth-order valence-electron chi connectivity index (χ4n) is 3.61. The summed E-state index contributed by atoms with van der Waals surface area (Å²) in [6.07, 6.45) is 6.84. The molecule has 0 radical (unpaired) electrons. The first-order chi connectivity index (χ1) is 10.8. The lowest BCUT2D eigenvalue weighted by atomic mass is 9.84. The molecule has 1 heteroatoms. The predicted octanol–water partition coefficient (Wildman–Crippen LogP) is 6.46. The van der Waals surface area contributed by atoms with Crippen molar-refractivity contribution in [3.63, 3.8) is 0 Å². The molecule has 2 aromatic carbocycles. The maximum Gasteiger partial charge on any atom is 0.135 e. The summed E-state index contributed by atoms with van der Waals surface area (Å²) in [6.45, 7) is 2.11. The Morgan fingerprint density at radius 1 is 0.864 bits per heavy atom. The largest absolute Gasteiger partial charge is 0.456 e. The minimum atomic E-state index is 0.746. The van der Waals surface area contributed by atoms with Crippen LogP contribution in [-0.2, 0) is 0 Å². The van der Waals surface area contributed by atoms with E-state index in [0.29, 0.717) is 0 Å². The maximum atomic E-state index is 6.04. The van der Waals surface area contributed by atoms with Gasteiger partial charge in [-0.1, -0.05) is 55.2 Å². The van der Waals surface area contributed by atoms with E-state index in [1.54, 1.807) is 0 Å². The zero-order valence-electron chi connectivity index (χ0n) is 13.1. The second kappa shape index (κ2) is 5.64. The van der Waals surface area contributed by atoms with Crippen molar-refractivity contribution in [2.24, 2.45) is 0 Å². The van der Waals surface area contributed by atoms with Crippen molar-refractivity contribution in [1.82, 2.24) is 0 Å². The number of hydrogen-bond acceptors (Lipinski definition) is 1. The standard InChI is InChI=1S/C21H22O/c1-15-7-9-17(10-8-15)21-14-19-13-18(11-12-20(19)22-21)16-5-3-2-4-6-16/h7-14,16H,2-6H2,1H3. The molecule has 1 aliphatic carbocycles. The van der Waals surface area contributed by atoms with E-state index in [2.05, 4.69) is 55.5 Å². The molecule has 1 fully saturated rings. The molecule has 4 rings (SSSR count). The molecule has 1 nitrogen and oxygen atoms in total. The highest BCUT2D eigenvalue weighted by molar-refractivity contribution is 5.83. The van der Waals surface area contributed by atoms with E-state index in [0.717, 1.165) is 22.8 Å². The summed E-state index contributed by atoms with van der Waals surface area (Å²) in [7, 11) is 0. The lowest BCUT2D eigenvalue weighted by Crippen LogP contribution is -2.03. The molecule has 1 aliphatic rings. The summed E-state index contributed by atoms with van der Waals surface area (Å²) >= 11 is 0.